The molecule has 0 aliphatic carbocycles. The number of nitrogens with one attached hydrogen (secondary N) is 1. The fraction of sp³-hybridized carbons (Fsp3) is 0.455. The first-order chi connectivity index (χ1) is 7.90. The summed E-state index contributed by atoms with van der Waals surface area (Å²) in [6.07, 6.45) is -4.85. The molecule has 0 aliphatic heterocycles. The fourth-order valence-corrected chi connectivity index (χ4v) is 1.41. The number of benzene rings is 1. The van der Waals surface area contributed by atoms with E-state index in [2.05, 4.69) is 10.1 Å². The summed E-state index contributed by atoms with van der Waals surface area (Å²) < 4.78 is 39.4. The zero-order valence-corrected chi connectivity index (χ0v) is 9.29. The molecule has 1 aromatic carbocycles. The lowest BCUT2D eigenvalue weighted by molar-refractivity contribution is -0.274. The molecule has 0 heterocycles. The van der Waals surface area contributed by atoms with Crippen LogP contribution in [0.5, 0.6) is 5.75 Å². The molecule has 2 N–H and O–H groups in total. The van der Waals surface area contributed by atoms with Crippen LogP contribution in [-0.4, -0.2) is 31.2 Å². The van der Waals surface area contributed by atoms with Crippen molar-refractivity contribution in [1.82, 2.24) is 5.32 Å². The minimum Gasteiger partial charge on any atom is -0.406 e. The topological polar surface area (TPSA) is 41.5 Å². The number of likely N-dealkylation sites (N-methyl/N-ethyl adjacent to an activating group) is 1. The van der Waals surface area contributed by atoms with E-state index in [-0.39, 0.29) is 5.75 Å². The summed E-state index contributed by atoms with van der Waals surface area (Å²) in [7, 11) is 1.71. The van der Waals surface area contributed by atoms with E-state index in [9.17, 15) is 18.3 Å². The van der Waals surface area contributed by atoms with Crippen molar-refractivity contribution in [1.29, 1.82) is 0 Å². The lowest BCUT2D eigenvalue weighted by Crippen LogP contribution is -2.25. The number of hydrogen-bond donors (Lipinski definition) is 2. The van der Waals surface area contributed by atoms with Crippen LogP contribution in [0.3, 0.4) is 0 Å². The van der Waals surface area contributed by atoms with Gasteiger partial charge in [0.05, 0.1) is 6.10 Å². The third-order valence-corrected chi connectivity index (χ3v) is 2.07. The van der Waals surface area contributed by atoms with Gasteiger partial charge >= 0.3 is 6.36 Å². The summed E-state index contributed by atoms with van der Waals surface area (Å²) in [6, 6.07) is 5.46. The smallest absolute Gasteiger partial charge is 0.406 e. The van der Waals surface area contributed by atoms with Gasteiger partial charge in [0, 0.05) is 6.54 Å². The van der Waals surface area contributed by atoms with Gasteiger partial charge in [0.1, 0.15) is 5.75 Å². The summed E-state index contributed by atoms with van der Waals surface area (Å²) in [4.78, 5) is 0. The number of rotatable bonds is 5. The molecule has 0 saturated heterocycles. The van der Waals surface area contributed by atoms with Gasteiger partial charge in [0.25, 0.3) is 0 Å². The third kappa shape index (κ3) is 5.55. The number of hydrogen-bond acceptors (Lipinski definition) is 3. The van der Waals surface area contributed by atoms with Gasteiger partial charge in [-0.15, -0.1) is 13.2 Å². The van der Waals surface area contributed by atoms with Gasteiger partial charge < -0.3 is 15.2 Å². The quantitative estimate of drug-likeness (QED) is 0.834. The molecule has 17 heavy (non-hydrogen) atoms. The molecular formula is C11H14F3NO2. The van der Waals surface area contributed by atoms with Crippen molar-refractivity contribution in [3.05, 3.63) is 29.8 Å². The Kier molecular flexibility index (Phi) is 4.77. The fourth-order valence-electron chi connectivity index (χ4n) is 1.41. The van der Waals surface area contributed by atoms with Crippen LogP contribution in [-0.2, 0) is 6.42 Å². The Morgan fingerprint density at radius 3 is 2.35 bits per heavy atom. The van der Waals surface area contributed by atoms with Gasteiger partial charge in [0.2, 0.25) is 0 Å². The molecule has 3 nitrogen and oxygen atoms in total. The van der Waals surface area contributed by atoms with Gasteiger partial charge in [-0.3, -0.25) is 0 Å². The highest BCUT2D eigenvalue weighted by atomic mass is 19.4. The minimum atomic E-state index is -4.67. The van der Waals surface area contributed by atoms with Gasteiger partial charge in [-0.25, -0.2) is 0 Å². The van der Waals surface area contributed by atoms with Crippen molar-refractivity contribution >= 4 is 0 Å². The molecule has 1 rings (SSSR count). The molecule has 1 atom stereocenters. The van der Waals surface area contributed by atoms with Gasteiger partial charge in [-0.05, 0) is 31.2 Å². The summed E-state index contributed by atoms with van der Waals surface area (Å²) in [6.45, 7) is 0.431. The zero-order chi connectivity index (χ0) is 12.9. The van der Waals surface area contributed by atoms with Crippen molar-refractivity contribution in [2.75, 3.05) is 13.6 Å². The largest absolute Gasteiger partial charge is 0.573 e. The Labute approximate surface area is 97.2 Å². The van der Waals surface area contributed by atoms with E-state index in [1.165, 1.54) is 24.3 Å². The van der Waals surface area contributed by atoms with Crippen LogP contribution in [0.4, 0.5) is 13.2 Å². The van der Waals surface area contributed by atoms with Crippen LogP contribution in [0.1, 0.15) is 5.56 Å². The molecule has 1 unspecified atom stereocenters. The molecule has 0 aliphatic rings. The maximum atomic E-state index is 11.9. The third-order valence-electron chi connectivity index (χ3n) is 2.07. The van der Waals surface area contributed by atoms with Crippen LogP contribution in [0, 0.1) is 0 Å². The summed E-state index contributed by atoms with van der Waals surface area (Å²) in [5, 5.41) is 12.3. The normalized spacial score (nSPS) is 13.5. The Morgan fingerprint density at radius 1 is 1.29 bits per heavy atom. The second-order valence-electron chi connectivity index (χ2n) is 3.61. The molecule has 0 radical (unpaired) electrons. The molecule has 0 spiro atoms. The lowest BCUT2D eigenvalue weighted by Gasteiger charge is -2.11. The van der Waals surface area contributed by atoms with Crippen molar-refractivity contribution in [3.8, 4) is 5.75 Å². The number of alkyl halides is 3. The van der Waals surface area contributed by atoms with Crippen LogP contribution < -0.4 is 10.1 Å². The van der Waals surface area contributed by atoms with Crippen molar-refractivity contribution in [2.45, 2.75) is 18.9 Å². The first-order valence-corrected chi connectivity index (χ1v) is 5.08. The highest BCUT2D eigenvalue weighted by Crippen LogP contribution is 2.22. The summed E-state index contributed by atoms with van der Waals surface area (Å²) in [5.41, 5.74) is 0.752. The van der Waals surface area contributed by atoms with E-state index in [1.807, 2.05) is 0 Å². The molecule has 0 saturated carbocycles. The summed E-state index contributed by atoms with van der Waals surface area (Å²) in [5.74, 6) is -0.260. The highest BCUT2D eigenvalue weighted by Gasteiger charge is 2.30. The number of halogens is 3. The van der Waals surface area contributed by atoms with Crippen LogP contribution in [0.15, 0.2) is 24.3 Å². The van der Waals surface area contributed by atoms with E-state index < -0.39 is 12.5 Å². The Bertz CT molecular complexity index is 338. The zero-order valence-electron chi connectivity index (χ0n) is 9.29. The number of aliphatic hydroxyl groups is 1. The molecule has 0 fully saturated rings. The molecule has 6 heteroatoms. The van der Waals surface area contributed by atoms with Crippen molar-refractivity contribution < 1.29 is 23.0 Å². The molecule has 0 aromatic heterocycles. The molecule has 0 amide bonds. The van der Waals surface area contributed by atoms with Crippen LogP contribution in [0.25, 0.3) is 0 Å². The van der Waals surface area contributed by atoms with Gasteiger partial charge in [0.15, 0.2) is 0 Å². The Balaban J connectivity index is 2.56. The summed E-state index contributed by atoms with van der Waals surface area (Å²) >= 11 is 0. The monoisotopic (exact) mass is 249 g/mol. The first kappa shape index (κ1) is 13.8. The SMILES string of the molecule is CNCC(O)Cc1ccc(OC(F)(F)F)cc1. The second-order valence-corrected chi connectivity index (χ2v) is 3.61. The maximum Gasteiger partial charge on any atom is 0.573 e. The molecular weight excluding hydrogens is 235 g/mol. The predicted octanol–water partition coefficient (Wildman–Crippen LogP) is 1.71. The van der Waals surface area contributed by atoms with Crippen molar-refractivity contribution in [2.24, 2.45) is 0 Å². The van der Waals surface area contributed by atoms with E-state index in [0.717, 1.165) is 5.56 Å². The minimum absolute atomic E-state index is 0.260. The van der Waals surface area contributed by atoms with Crippen LogP contribution in [0.2, 0.25) is 0 Å². The number of aliphatic hydroxyl groups excluding tert-OH is 1. The highest BCUT2D eigenvalue weighted by molar-refractivity contribution is 5.27. The first-order valence-electron chi connectivity index (χ1n) is 5.08. The Hall–Kier alpha value is -1.27. The number of ether oxygens (including phenoxy) is 1. The average molecular weight is 249 g/mol. The molecule has 1 aromatic rings. The van der Waals surface area contributed by atoms with E-state index in [1.54, 1.807) is 7.05 Å². The average Bonchev–Trinajstić information content (AvgIpc) is 2.19. The maximum absolute atomic E-state index is 11.9. The standard InChI is InChI=1S/C11H14F3NO2/c1-15-7-9(16)6-8-2-4-10(5-3-8)17-11(12,13)14/h2-5,9,15-16H,6-7H2,1H3. The van der Waals surface area contributed by atoms with Crippen LogP contribution >= 0.6 is 0 Å². The molecule has 96 valence electrons. The van der Waals surface area contributed by atoms with Gasteiger partial charge in [-0.1, -0.05) is 12.1 Å². The molecule has 0 bridgehead atoms. The predicted molar refractivity (Wildman–Crippen MR) is 56.8 cm³/mol. The van der Waals surface area contributed by atoms with E-state index in [0.29, 0.717) is 13.0 Å². The van der Waals surface area contributed by atoms with E-state index >= 15 is 0 Å². The Morgan fingerprint density at radius 2 is 1.88 bits per heavy atom. The second kappa shape index (κ2) is 5.88. The van der Waals surface area contributed by atoms with Crippen molar-refractivity contribution in [3.63, 3.8) is 0 Å². The van der Waals surface area contributed by atoms with Gasteiger partial charge in [-0.2, -0.15) is 0 Å². The lowest BCUT2D eigenvalue weighted by atomic mass is 10.1. The van der Waals surface area contributed by atoms with E-state index in [4.69, 9.17) is 0 Å².